The summed E-state index contributed by atoms with van der Waals surface area (Å²) in [5.74, 6) is 6.40. The van der Waals surface area contributed by atoms with Crippen LogP contribution in [0.4, 0.5) is 4.39 Å². The zero-order valence-corrected chi connectivity index (χ0v) is 12.8. The first-order valence-electron chi connectivity index (χ1n) is 6.95. The van der Waals surface area contributed by atoms with E-state index in [2.05, 4.69) is 30.6 Å². The Morgan fingerprint density at radius 1 is 1.45 bits per heavy atom. The fraction of sp³-hybridized carbons (Fsp3) is 0.500. The van der Waals surface area contributed by atoms with Crippen molar-refractivity contribution in [1.82, 2.24) is 4.90 Å². The SMILES string of the molecule is CC1SCCN(Cc2ccc(F)c(C#CCN)c2)C1C. The lowest BCUT2D eigenvalue weighted by Gasteiger charge is -2.37. The predicted molar refractivity (Wildman–Crippen MR) is 84.1 cm³/mol. The molecular weight excluding hydrogens is 271 g/mol. The third kappa shape index (κ3) is 3.76. The standard InChI is InChI=1S/C16H21FN2S/c1-12-13(2)20-9-8-19(12)11-14-5-6-16(17)15(10-14)4-3-7-18/h5-6,10,12-13H,7-9,11,18H2,1-2H3. The van der Waals surface area contributed by atoms with E-state index in [0.717, 1.165) is 24.4 Å². The van der Waals surface area contributed by atoms with Gasteiger partial charge < -0.3 is 5.73 Å². The summed E-state index contributed by atoms with van der Waals surface area (Å²) in [6, 6.07) is 5.74. The van der Waals surface area contributed by atoms with Crippen molar-refractivity contribution < 1.29 is 4.39 Å². The van der Waals surface area contributed by atoms with E-state index in [1.807, 2.05) is 23.9 Å². The average molecular weight is 292 g/mol. The van der Waals surface area contributed by atoms with Crippen LogP contribution >= 0.6 is 11.8 Å². The summed E-state index contributed by atoms with van der Waals surface area (Å²) in [6.45, 7) is 6.71. The number of benzene rings is 1. The van der Waals surface area contributed by atoms with Crippen molar-refractivity contribution in [2.45, 2.75) is 31.7 Å². The van der Waals surface area contributed by atoms with Crippen LogP contribution < -0.4 is 5.73 Å². The van der Waals surface area contributed by atoms with Crippen LogP contribution in [0, 0.1) is 17.7 Å². The Kier molecular flexibility index (Phi) is 5.47. The summed E-state index contributed by atoms with van der Waals surface area (Å²) < 4.78 is 13.7. The van der Waals surface area contributed by atoms with Crippen molar-refractivity contribution in [1.29, 1.82) is 0 Å². The third-order valence-corrected chi connectivity index (χ3v) is 5.09. The Morgan fingerprint density at radius 2 is 2.25 bits per heavy atom. The molecule has 108 valence electrons. The van der Waals surface area contributed by atoms with E-state index in [-0.39, 0.29) is 12.4 Å². The Balaban J connectivity index is 2.13. The van der Waals surface area contributed by atoms with Gasteiger partial charge in [-0.05, 0) is 24.6 Å². The van der Waals surface area contributed by atoms with Crippen molar-refractivity contribution >= 4 is 11.8 Å². The maximum Gasteiger partial charge on any atom is 0.138 e. The number of nitrogens with zero attached hydrogens (tertiary/aromatic N) is 1. The highest BCUT2D eigenvalue weighted by Crippen LogP contribution is 2.25. The molecule has 0 bridgehead atoms. The van der Waals surface area contributed by atoms with E-state index in [0.29, 0.717) is 16.9 Å². The molecule has 0 spiro atoms. The summed E-state index contributed by atoms with van der Waals surface area (Å²) >= 11 is 2.02. The lowest BCUT2D eigenvalue weighted by atomic mass is 10.1. The minimum atomic E-state index is -0.273. The number of halogens is 1. The quantitative estimate of drug-likeness (QED) is 0.849. The summed E-state index contributed by atoms with van der Waals surface area (Å²) in [5, 5.41) is 0.640. The van der Waals surface area contributed by atoms with Gasteiger partial charge in [0.05, 0.1) is 12.1 Å². The maximum atomic E-state index is 13.7. The Labute approximate surface area is 124 Å². The molecule has 0 aromatic heterocycles. The average Bonchev–Trinajstić information content (AvgIpc) is 2.44. The lowest BCUT2D eigenvalue weighted by Crippen LogP contribution is -2.43. The van der Waals surface area contributed by atoms with Crippen LogP contribution in [0.25, 0.3) is 0 Å². The molecule has 2 rings (SSSR count). The summed E-state index contributed by atoms with van der Waals surface area (Å²) in [7, 11) is 0. The molecule has 0 saturated carbocycles. The van der Waals surface area contributed by atoms with Gasteiger partial charge in [-0.25, -0.2) is 4.39 Å². The minimum absolute atomic E-state index is 0.252. The number of rotatable bonds is 2. The zero-order chi connectivity index (χ0) is 14.5. The van der Waals surface area contributed by atoms with E-state index >= 15 is 0 Å². The zero-order valence-electron chi connectivity index (χ0n) is 12.0. The van der Waals surface area contributed by atoms with E-state index in [1.165, 1.54) is 6.07 Å². The van der Waals surface area contributed by atoms with Crippen LogP contribution in [-0.2, 0) is 6.54 Å². The van der Waals surface area contributed by atoms with Crippen LogP contribution in [0.3, 0.4) is 0 Å². The lowest BCUT2D eigenvalue weighted by molar-refractivity contribution is 0.204. The van der Waals surface area contributed by atoms with Crippen molar-refractivity contribution in [3.05, 3.63) is 35.1 Å². The molecule has 1 aromatic carbocycles. The van der Waals surface area contributed by atoms with Gasteiger partial charge >= 0.3 is 0 Å². The van der Waals surface area contributed by atoms with E-state index in [1.54, 1.807) is 0 Å². The Morgan fingerprint density at radius 3 is 3.00 bits per heavy atom. The van der Waals surface area contributed by atoms with Crippen LogP contribution in [-0.4, -0.2) is 35.0 Å². The highest BCUT2D eigenvalue weighted by molar-refractivity contribution is 8.00. The van der Waals surface area contributed by atoms with Gasteiger partial charge in [0.1, 0.15) is 5.82 Å². The normalized spacial score (nSPS) is 23.2. The fourth-order valence-corrected chi connectivity index (χ4v) is 3.53. The van der Waals surface area contributed by atoms with Crippen molar-refractivity contribution in [2.24, 2.45) is 5.73 Å². The molecule has 2 nitrogen and oxygen atoms in total. The Bertz CT molecular complexity index is 521. The number of nitrogens with two attached hydrogens (primary N) is 1. The van der Waals surface area contributed by atoms with Gasteiger partial charge in [0.2, 0.25) is 0 Å². The van der Waals surface area contributed by atoms with Crippen LogP contribution in [0.1, 0.15) is 25.0 Å². The van der Waals surface area contributed by atoms with E-state index < -0.39 is 0 Å². The third-order valence-electron chi connectivity index (χ3n) is 3.76. The molecule has 2 N–H and O–H groups in total. The van der Waals surface area contributed by atoms with Crippen molar-refractivity contribution in [3.8, 4) is 11.8 Å². The molecule has 20 heavy (non-hydrogen) atoms. The number of hydrogen-bond donors (Lipinski definition) is 1. The number of thioether (sulfide) groups is 1. The summed E-state index contributed by atoms with van der Waals surface area (Å²) in [5.41, 5.74) is 6.90. The molecule has 1 saturated heterocycles. The summed E-state index contributed by atoms with van der Waals surface area (Å²) in [4.78, 5) is 2.45. The first-order valence-corrected chi connectivity index (χ1v) is 7.99. The van der Waals surface area contributed by atoms with E-state index in [4.69, 9.17) is 5.73 Å². The first kappa shape index (κ1) is 15.4. The number of hydrogen-bond acceptors (Lipinski definition) is 3. The largest absolute Gasteiger partial charge is 0.320 e. The molecule has 2 atom stereocenters. The molecule has 0 amide bonds. The predicted octanol–water partition coefficient (Wildman–Crippen LogP) is 2.46. The molecule has 2 unspecified atom stereocenters. The van der Waals surface area contributed by atoms with Gasteiger partial charge in [-0.3, -0.25) is 4.90 Å². The first-order chi connectivity index (χ1) is 9.61. The second-order valence-electron chi connectivity index (χ2n) is 5.11. The smallest absolute Gasteiger partial charge is 0.138 e. The topological polar surface area (TPSA) is 29.3 Å². The minimum Gasteiger partial charge on any atom is -0.320 e. The molecular formula is C16H21FN2S. The maximum absolute atomic E-state index is 13.7. The Hall–Kier alpha value is -1.02. The van der Waals surface area contributed by atoms with Gasteiger partial charge in [0.25, 0.3) is 0 Å². The molecule has 1 aromatic rings. The molecule has 1 fully saturated rings. The molecule has 1 aliphatic heterocycles. The monoisotopic (exact) mass is 292 g/mol. The van der Waals surface area contributed by atoms with Crippen molar-refractivity contribution in [3.63, 3.8) is 0 Å². The molecule has 1 aliphatic rings. The van der Waals surface area contributed by atoms with Crippen molar-refractivity contribution in [2.75, 3.05) is 18.8 Å². The van der Waals surface area contributed by atoms with Gasteiger partial charge in [-0.15, -0.1) is 0 Å². The van der Waals surface area contributed by atoms with Crippen LogP contribution in [0.2, 0.25) is 0 Å². The second kappa shape index (κ2) is 7.12. The molecule has 0 aliphatic carbocycles. The van der Waals surface area contributed by atoms with Gasteiger partial charge in [-0.1, -0.05) is 24.8 Å². The van der Waals surface area contributed by atoms with Gasteiger partial charge in [-0.2, -0.15) is 11.8 Å². The highest BCUT2D eigenvalue weighted by Gasteiger charge is 2.25. The summed E-state index contributed by atoms with van der Waals surface area (Å²) in [6.07, 6.45) is 0. The highest BCUT2D eigenvalue weighted by atomic mass is 32.2. The molecule has 1 heterocycles. The van der Waals surface area contributed by atoms with Crippen LogP contribution in [0.5, 0.6) is 0 Å². The van der Waals surface area contributed by atoms with E-state index in [9.17, 15) is 4.39 Å². The fourth-order valence-electron chi connectivity index (χ4n) is 2.37. The molecule has 0 radical (unpaired) electrons. The second-order valence-corrected chi connectivity index (χ2v) is 6.59. The van der Waals surface area contributed by atoms with Gasteiger partial charge in [0.15, 0.2) is 0 Å². The van der Waals surface area contributed by atoms with Gasteiger partial charge in [0, 0.05) is 30.1 Å². The van der Waals surface area contributed by atoms with Crippen LogP contribution in [0.15, 0.2) is 18.2 Å². The molecule has 4 heteroatoms.